The Morgan fingerprint density at radius 1 is 1.24 bits per heavy atom. The number of aryl methyl sites for hydroxylation is 1. The first-order valence-corrected chi connectivity index (χ1v) is 7.71. The van der Waals surface area contributed by atoms with E-state index in [0.29, 0.717) is 6.04 Å². The van der Waals surface area contributed by atoms with Crippen molar-refractivity contribution in [1.29, 1.82) is 0 Å². The molecule has 110 valence electrons. The highest BCUT2D eigenvalue weighted by Crippen LogP contribution is 2.32. The van der Waals surface area contributed by atoms with E-state index in [2.05, 4.69) is 40.2 Å². The molecule has 1 N–H and O–H groups in total. The summed E-state index contributed by atoms with van der Waals surface area (Å²) < 4.78 is 0. The zero-order valence-corrected chi connectivity index (χ0v) is 12.5. The highest BCUT2D eigenvalue weighted by atomic mass is 16.1. The van der Waals surface area contributed by atoms with Gasteiger partial charge in [0.15, 0.2) is 0 Å². The van der Waals surface area contributed by atoms with E-state index in [0.717, 1.165) is 18.7 Å². The number of aromatic nitrogens is 1. The Morgan fingerprint density at radius 2 is 2.05 bits per heavy atom. The summed E-state index contributed by atoms with van der Waals surface area (Å²) in [4.78, 5) is 16.8. The van der Waals surface area contributed by atoms with E-state index in [1.54, 1.807) is 6.07 Å². The summed E-state index contributed by atoms with van der Waals surface area (Å²) in [6.07, 6.45) is 5.59. The first kappa shape index (κ1) is 14.1. The lowest BCUT2D eigenvalue weighted by molar-refractivity contribution is 0.139. The summed E-state index contributed by atoms with van der Waals surface area (Å²) >= 11 is 0. The molecular formula is C18H22N2O. The molecule has 0 aliphatic carbocycles. The van der Waals surface area contributed by atoms with Gasteiger partial charge in [-0.05, 0) is 43.0 Å². The second-order valence-electron chi connectivity index (χ2n) is 5.90. The van der Waals surface area contributed by atoms with E-state index >= 15 is 0 Å². The van der Waals surface area contributed by atoms with E-state index in [9.17, 15) is 4.79 Å². The van der Waals surface area contributed by atoms with Gasteiger partial charge in [-0.3, -0.25) is 9.69 Å². The fourth-order valence-corrected chi connectivity index (χ4v) is 3.29. The molecule has 1 fully saturated rings. The minimum Gasteiger partial charge on any atom is -0.329 e. The van der Waals surface area contributed by atoms with Gasteiger partial charge in [-0.25, -0.2) is 0 Å². The minimum atomic E-state index is -0.0123. The Hall–Kier alpha value is -1.87. The molecule has 1 aliphatic heterocycles. The molecule has 1 aromatic carbocycles. The highest BCUT2D eigenvalue weighted by molar-refractivity contribution is 5.26. The van der Waals surface area contributed by atoms with Crippen LogP contribution in [0.5, 0.6) is 0 Å². The number of nitrogens with zero attached hydrogens (tertiary/aromatic N) is 1. The summed E-state index contributed by atoms with van der Waals surface area (Å²) in [7, 11) is 0. The van der Waals surface area contributed by atoms with E-state index in [-0.39, 0.29) is 5.56 Å². The number of pyridine rings is 1. The minimum absolute atomic E-state index is 0.0123. The van der Waals surface area contributed by atoms with Crippen molar-refractivity contribution in [1.82, 2.24) is 9.88 Å². The third kappa shape index (κ3) is 3.24. The van der Waals surface area contributed by atoms with Gasteiger partial charge in [-0.2, -0.15) is 0 Å². The maximum absolute atomic E-state index is 11.4. The van der Waals surface area contributed by atoms with Crippen molar-refractivity contribution in [3.05, 3.63) is 69.6 Å². The Labute approximate surface area is 125 Å². The van der Waals surface area contributed by atoms with Crippen molar-refractivity contribution in [2.24, 2.45) is 0 Å². The molecule has 0 bridgehead atoms. The first-order chi connectivity index (χ1) is 10.2. The molecule has 1 aliphatic rings. The van der Waals surface area contributed by atoms with E-state index in [4.69, 9.17) is 0 Å². The zero-order chi connectivity index (χ0) is 14.7. The molecule has 3 nitrogen and oxygen atoms in total. The number of likely N-dealkylation sites (tertiary alicyclic amines) is 1. The van der Waals surface area contributed by atoms with Crippen LogP contribution in [0, 0.1) is 6.92 Å². The second kappa shape index (κ2) is 6.27. The van der Waals surface area contributed by atoms with Crippen LogP contribution in [0.3, 0.4) is 0 Å². The smallest absolute Gasteiger partial charge is 0.248 e. The molecule has 2 heterocycles. The van der Waals surface area contributed by atoms with Gasteiger partial charge in [0.1, 0.15) is 0 Å². The van der Waals surface area contributed by atoms with Crippen molar-refractivity contribution >= 4 is 0 Å². The lowest BCUT2D eigenvalue weighted by Gasteiger charge is -2.36. The molecule has 0 amide bonds. The van der Waals surface area contributed by atoms with Crippen molar-refractivity contribution in [2.75, 3.05) is 6.54 Å². The molecular weight excluding hydrogens is 260 g/mol. The molecule has 3 rings (SSSR count). The summed E-state index contributed by atoms with van der Waals surface area (Å²) in [5, 5.41) is 0. The summed E-state index contributed by atoms with van der Waals surface area (Å²) in [5.41, 5.74) is 3.71. The van der Waals surface area contributed by atoms with Crippen molar-refractivity contribution in [2.45, 2.75) is 38.8 Å². The Kier molecular flexibility index (Phi) is 4.20. The van der Waals surface area contributed by atoms with Crippen LogP contribution >= 0.6 is 0 Å². The van der Waals surface area contributed by atoms with E-state index in [1.165, 1.54) is 30.4 Å². The van der Waals surface area contributed by atoms with Gasteiger partial charge >= 0.3 is 0 Å². The van der Waals surface area contributed by atoms with Gasteiger partial charge in [0.25, 0.3) is 0 Å². The third-order valence-corrected chi connectivity index (χ3v) is 4.37. The predicted molar refractivity (Wildman–Crippen MR) is 85.2 cm³/mol. The van der Waals surface area contributed by atoms with E-state index < -0.39 is 0 Å². The Balaban J connectivity index is 1.86. The quantitative estimate of drug-likeness (QED) is 0.936. The Morgan fingerprint density at radius 3 is 2.81 bits per heavy atom. The lowest BCUT2D eigenvalue weighted by Crippen LogP contribution is -2.33. The summed E-state index contributed by atoms with van der Waals surface area (Å²) in [6, 6.07) is 12.7. The number of benzene rings is 1. The predicted octanol–water partition coefficient (Wildman–Crippen LogP) is 3.41. The van der Waals surface area contributed by atoms with Gasteiger partial charge in [0.05, 0.1) is 0 Å². The topological polar surface area (TPSA) is 36.1 Å². The average Bonchev–Trinajstić information content (AvgIpc) is 2.49. The van der Waals surface area contributed by atoms with Crippen LogP contribution in [0.4, 0.5) is 0 Å². The molecule has 21 heavy (non-hydrogen) atoms. The normalized spacial score (nSPS) is 19.6. The number of aromatic amines is 1. The molecule has 0 unspecified atom stereocenters. The summed E-state index contributed by atoms with van der Waals surface area (Å²) in [5.74, 6) is 0. The standard InChI is InChI=1S/C18H22N2O/c1-14-11-18(21)19-12-16(14)17-9-5-6-10-20(17)13-15-7-3-2-4-8-15/h2-4,7-8,11-12,17H,5-6,9-10,13H2,1H3,(H,19,21)/t17-/m1/s1. The van der Waals surface area contributed by atoms with Crippen LogP contribution in [0.2, 0.25) is 0 Å². The largest absolute Gasteiger partial charge is 0.329 e. The number of nitrogens with one attached hydrogen (secondary N) is 1. The Bertz CT molecular complexity index is 648. The monoisotopic (exact) mass is 282 g/mol. The molecule has 1 atom stereocenters. The molecule has 3 heteroatoms. The first-order valence-electron chi connectivity index (χ1n) is 7.71. The van der Waals surface area contributed by atoms with Crippen LogP contribution in [-0.2, 0) is 6.54 Å². The zero-order valence-electron chi connectivity index (χ0n) is 12.5. The van der Waals surface area contributed by atoms with Gasteiger partial charge in [-0.1, -0.05) is 36.8 Å². The number of hydrogen-bond donors (Lipinski definition) is 1. The average molecular weight is 282 g/mol. The third-order valence-electron chi connectivity index (χ3n) is 4.37. The molecule has 1 aromatic heterocycles. The SMILES string of the molecule is Cc1cc(=O)[nH]cc1[C@H]1CCCCN1Cc1ccccc1. The fraction of sp³-hybridized carbons (Fsp3) is 0.389. The fourth-order valence-electron chi connectivity index (χ4n) is 3.29. The van der Waals surface area contributed by atoms with Gasteiger partial charge in [0, 0.05) is 24.8 Å². The van der Waals surface area contributed by atoms with Gasteiger partial charge in [0.2, 0.25) is 5.56 Å². The second-order valence-corrected chi connectivity index (χ2v) is 5.90. The van der Waals surface area contributed by atoms with E-state index in [1.807, 2.05) is 13.1 Å². The number of rotatable bonds is 3. The van der Waals surface area contributed by atoms with Crippen LogP contribution < -0.4 is 5.56 Å². The van der Waals surface area contributed by atoms with Gasteiger partial charge in [-0.15, -0.1) is 0 Å². The van der Waals surface area contributed by atoms with Crippen molar-refractivity contribution in [3.8, 4) is 0 Å². The van der Waals surface area contributed by atoms with Crippen molar-refractivity contribution < 1.29 is 0 Å². The van der Waals surface area contributed by atoms with Crippen LogP contribution in [0.1, 0.15) is 42.0 Å². The molecule has 1 saturated heterocycles. The van der Waals surface area contributed by atoms with Crippen LogP contribution in [-0.4, -0.2) is 16.4 Å². The van der Waals surface area contributed by atoms with Gasteiger partial charge < -0.3 is 4.98 Å². The maximum Gasteiger partial charge on any atom is 0.248 e. The van der Waals surface area contributed by atoms with Crippen LogP contribution in [0.25, 0.3) is 0 Å². The number of H-pyrrole nitrogens is 1. The van der Waals surface area contributed by atoms with Crippen molar-refractivity contribution in [3.63, 3.8) is 0 Å². The lowest BCUT2D eigenvalue weighted by atomic mass is 9.93. The molecule has 0 saturated carbocycles. The number of hydrogen-bond acceptors (Lipinski definition) is 2. The molecule has 2 aromatic rings. The molecule has 0 radical (unpaired) electrons. The van der Waals surface area contributed by atoms with Crippen LogP contribution in [0.15, 0.2) is 47.4 Å². The summed E-state index contributed by atoms with van der Waals surface area (Å²) in [6.45, 7) is 4.14. The maximum atomic E-state index is 11.4. The molecule has 0 spiro atoms. The number of piperidine rings is 1. The highest BCUT2D eigenvalue weighted by Gasteiger charge is 2.25.